The molecule has 17 heavy (non-hydrogen) atoms. The number of nitrogens with zero attached hydrogens (tertiary/aromatic N) is 2. The van der Waals surface area contributed by atoms with E-state index in [4.69, 9.17) is 12.2 Å². The monoisotopic (exact) mass is 239 g/mol. The second-order valence-electron chi connectivity index (χ2n) is 3.68. The van der Waals surface area contributed by atoms with Crippen molar-refractivity contribution >= 4 is 23.1 Å². The van der Waals surface area contributed by atoms with Gasteiger partial charge in [-0.2, -0.15) is 0 Å². The zero-order valence-corrected chi connectivity index (χ0v) is 9.74. The summed E-state index contributed by atoms with van der Waals surface area (Å²) in [5.41, 5.74) is 2.78. The lowest BCUT2D eigenvalue weighted by atomic mass is 10.1. The summed E-state index contributed by atoms with van der Waals surface area (Å²) in [7, 11) is 0. The summed E-state index contributed by atoms with van der Waals surface area (Å²) in [6.45, 7) is 0. The van der Waals surface area contributed by atoms with Crippen molar-refractivity contribution in [3.8, 4) is 11.3 Å². The highest BCUT2D eigenvalue weighted by molar-refractivity contribution is 7.71. The van der Waals surface area contributed by atoms with Gasteiger partial charge < -0.3 is 4.98 Å². The predicted octanol–water partition coefficient (Wildman–Crippen LogP) is 3.35. The van der Waals surface area contributed by atoms with Crippen LogP contribution in [0.5, 0.6) is 0 Å². The molecule has 0 unspecified atom stereocenters. The number of pyridine rings is 1. The lowest BCUT2D eigenvalue weighted by Gasteiger charge is -2.02. The number of nitrogens with one attached hydrogen (secondary N) is 1. The Morgan fingerprint density at radius 3 is 2.88 bits per heavy atom. The van der Waals surface area contributed by atoms with Crippen molar-refractivity contribution in [3.63, 3.8) is 0 Å². The molecule has 2 aromatic heterocycles. The third kappa shape index (κ3) is 1.83. The van der Waals surface area contributed by atoms with E-state index in [1.165, 1.54) is 0 Å². The molecule has 0 saturated carbocycles. The summed E-state index contributed by atoms with van der Waals surface area (Å²) in [5, 5.41) is 1.09. The number of benzene rings is 1. The van der Waals surface area contributed by atoms with Gasteiger partial charge in [0.05, 0.1) is 5.52 Å². The van der Waals surface area contributed by atoms with Crippen LogP contribution >= 0.6 is 12.2 Å². The maximum atomic E-state index is 5.22. The first-order chi connectivity index (χ1) is 8.34. The predicted molar refractivity (Wildman–Crippen MR) is 70.2 cm³/mol. The minimum absolute atomic E-state index is 0.649. The van der Waals surface area contributed by atoms with Crippen LogP contribution in [0, 0.1) is 4.64 Å². The van der Waals surface area contributed by atoms with E-state index in [2.05, 4.69) is 15.0 Å². The van der Waals surface area contributed by atoms with Crippen molar-refractivity contribution in [1.29, 1.82) is 0 Å². The number of H-pyrrole nitrogens is 1. The minimum atomic E-state index is 0.649. The third-order valence-electron chi connectivity index (χ3n) is 2.58. The van der Waals surface area contributed by atoms with Gasteiger partial charge in [0.15, 0.2) is 0 Å². The average Bonchev–Trinajstić information content (AvgIpc) is 2.39. The van der Waals surface area contributed by atoms with Gasteiger partial charge in [-0.3, -0.25) is 9.97 Å². The van der Waals surface area contributed by atoms with Gasteiger partial charge in [0, 0.05) is 29.5 Å². The highest BCUT2D eigenvalue weighted by Crippen LogP contribution is 2.21. The van der Waals surface area contributed by atoms with E-state index in [1.807, 2.05) is 30.3 Å². The van der Waals surface area contributed by atoms with Gasteiger partial charge in [0.25, 0.3) is 0 Å². The Morgan fingerprint density at radius 1 is 1.06 bits per heavy atom. The van der Waals surface area contributed by atoms with Crippen LogP contribution in [0.3, 0.4) is 0 Å². The molecule has 0 aliphatic rings. The van der Waals surface area contributed by atoms with Crippen LogP contribution in [-0.4, -0.2) is 15.0 Å². The molecule has 0 radical (unpaired) electrons. The molecule has 0 aliphatic carbocycles. The molecule has 82 valence electrons. The Balaban J connectivity index is 2.25. The fourth-order valence-electron chi connectivity index (χ4n) is 1.78. The molecule has 3 aromatic rings. The van der Waals surface area contributed by atoms with E-state index in [0.717, 1.165) is 22.2 Å². The van der Waals surface area contributed by atoms with E-state index in [-0.39, 0.29) is 0 Å². The number of aromatic nitrogens is 3. The normalized spacial score (nSPS) is 10.6. The maximum absolute atomic E-state index is 5.22. The molecule has 0 saturated heterocycles. The zero-order chi connectivity index (χ0) is 11.7. The lowest BCUT2D eigenvalue weighted by molar-refractivity contribution is 1.19. The second kappa shape index (κ2) is 4.07. The minimum Gasteiger partial charge on any atom is -0.350 e. The molecule has 0 spiro atoms. The standard InChI is InChI=1S/C13H9N3S/c17-13-12(15-6-7-16-13)10-3-4-11-9(8-10)2-1-5-14-11/h1-8H,(H,16,17). The molecule has 0 aliphatic heterocycles. The van der Waals surface area contributed by atoms with Crippen molar-refractivity contribution in [2.75, 3.05) is 0 Å². The number of fused-ring (bicyclic) bond motifs is 1. The van der Waals surface area contributed by atoms with E-state index in [9.17, 15) is 0 Å². The molecule has 3 rings (SSSR count). The van der Waals surface area contributed by atoms with Crippen molar-refractivity contribution in [3.05, 3.63) is 53.6 Å². The van der Waals surface area contributed by atoms with Crippen LogP contribution in [0.1, 0.15) is 0 Å². The highest BCUT2D eigenvalue weighted by Gasteiger charge is 2.02. The van der Waals surface area contributed by atoms with Gasteiger partial charge in [-0.25, -0.2) is 0 Å². The molecule has 1 N–H and O–H groups in total. The quantitative estimate of drug-likeness (QED) is 0.662. The van der Waals surface area contributed by atoms with E-state index >= 15 is 0 Å². The largest absolute Gasteiger partial charge is 0.350 e. The van der Waals surface area contributed by atoms with E-state index in [0.29, 0.717) is 4.64 Å². The Kier molecular flexibility index (Phi) is 2.42. The summed E-state index contributed by atoms with van der Waals surface area (Å²) in [6, 6.07) is 9.97. The Bertz CT molecular complexity index is 734. The molecule has 0 atom stereocenters. The van der Waals surface area contributed by atoms with Crippen LogP contribution in [-0.2, 0) is 0 Å². The van der Waals surface area contributed by atoms with Gasteiger partial charge in [-0.15, -0.1) is 0 Å². The Hall–Kier alpha value is -2.07. The topological polar surface area (TPSA) is 41.6 Å². The van der Waals surface area contributed by atoms with Crippen molar-refractivity contribution < 1.29 is 0 Å². The van der Waals surface area contributed by atoms with Crippen LogP contribution in [0.15, 0.2) is 48.9 Å². The molecular weight excluding hydrogens is 230 g/mol. The summed E-state index contributed by atoms with van der Waals surface area (Å²) in [6.07, 6.45) is 5.22. The van der Waals surface area contributed by atoms with E-state index in [1.54, 1.807) is 18.6 Å². The first-order valence-electron chi connectivity index (χ1n) is 5.23. The molecule has 0 fully saturated rings. The second-order valence-corrected chi connectivity index (χ2v) is 4.09. The average molecular weight is 239 g/mol. The summed E-state index contributed by atoms with van der Waals surface area (Å²) in [4.78, 5) is 11.6. The molecule has 4 heteroatoms. The molecular formula is C13H9N3S. The fraction of sp³-hybridized carbons (Fsp3) is 0. The van der Waals surface area contributed by atoms with Gasteiger partial charge >= 0.3 is 0 Å². The number of aromatic amines is 1. The highest BCUT2D eigenvalue weighted by atomic mass is 32.1. The van der Waals surface area contributed by atoms with E-state index < -0.39 is 0 Å². The van der Waals surface area contributed by atoms with Crippen LogP contribution < -0.4 is 0 Å². The Labute approximate surface area is 103 Å². The third-order valence-corrected chi connectivity index (χ3v) is 2.90. The van der Waals surface area contributed by atoms with Crippen molar-refractivity contribution in [2.45, 2.75) is 0 Å². The molecule has 0 bridgehead atoms. The van der Waals surface area contributed by atoms with Gasteiger partial charge in [0.1, 0.15) is 10.3 Å². The first-order valence-corrected chi connectivity index (χ1v) is 5.64. The van der Waals surface area contributed by atoms with Crippen LogP contribution in [0.25, 0.3) is 22.2 Å². The first kappa shape index (κ1) is 10.1. The van der Waals surface area contributed by atoms with Gasteiger partial charge in [-0.05, 0) is 18.2 Å². The Morgan fingerprint density at radius 2 is 2.00 bits per heavy atom. The lowest BCUT2D eigenvalue weighted by Crippen LogP contribution is -1.87. The maximum Gasteiger partial charge on any atom is 0.129 e. The molecule has 0 amide bonds. The number of hydrogen-bond donors (Lipinski definition) is 1. The smallest absolute Gasteiger partial charge is 0.129 e. The fourth-order valence-corrected chi connectivity index (χ4v) is 2.02. The van der Waals surface area contributed by atoms with Gasteiger partial charge in [-0.1, -0.05) is 24.4 Å². The number of hydrogen-bond acceptors (Lipinski definition) is 3. The molecule has 1 aromatic carbocycles. The van der Waals surface area contributed by atoms with Gasteiger partial charge in [0.2, 0.25) is 0 Å². The summed E-state index contributed by atoms with van der Waals surface area (Å²) < 4.78 is 0.649. The van der Waals surface area contributed by atoms with Crippen LogP contribution in [0.2, 0.25) is 0 Å². The zero-order valence-electron chi connectivity index (χ0n) is 8.92. The number of rotatable bonds is 1. The van der Waals surface area contributed by atoms with Crippen LogP contribution in [0.4, 0.5) is 0 Å². The van der Waals surface area contributed by atoms with Crippen molar-refractivity contribution in [2.24, 2.45) is 0 Å². The summed E-state index contributed by atoms with van der Waals surface area (Å²) >= 11 is 5.22. The summed E-state index contributed by atoms with van der Waals surface area (Å²) in [5.74, 6) is 0. The molecule has 3 nitrogen and oxygen atoms in total. The van der Waals surface area contributed by atoms with Crippen molar-refractivity contribution in [1.82, 2.24) is 15.0 Å². The SMILES string of the molecule is S=c1[nH]ccnc1-c1ccc2ncccc2c1. The molecule has 2 heterocycles.